The van der Waals surface area contributed by atoms with Crippen molar-refractivity contribution in [3.63, 3.8) is 0 Å². The monoisotopic (exact) mass is 412 g/mol. The summed E-state index contributed by atoms with van der Waals surface area (Å²) < 4.78 is 5.60. The lowest BCUT2D eigenvalue weighted by Crippen LogP contribution is -2.45. The fourth-order valence-corrected chi connectivity index (χ4v) is 3.38. The van der Waals surface area contributed by atoms with Crippen molar-refractivity contribution in [1.29, 1.82) is 0 Å². The number of hydrogen-bond acceptors (Lipinski definition) is 5. The van der Waals surface area contributed by atoms with Crippen LogP contribution in [0.25, 0.3) is 0 Å². The van der Waals surface area contributed by atoms with E-state index in [9.17, 15) is 4.79 Å². The number of carbonyl (C=O) groups is 1. The Balaban J connectivity index is 1.63. The maximum atomic E-state index is 12.6. The number of nitrogens with one attached hydrogen (secondary N) is 2. The molecule has 0 aromatic heterocycles. The van der Waals surface area contributed by atoms with Crippen molar-refractivity contribution in [3.8, 4) is 5.75 Å². The van der Waals surface area contributed by atoms with Gasteiger partial charge in [0.15, 0.2) is 5.11 Å². The van der Waals surface area contributed by atoms with Crippen molar-refractivity contribution in [2.45, 2.75) is 13.3 Å². The van der Waals surface area contributed by atoms with Gasteiger partial charge in [0.05, 0.1) is 18.0 Å². The van der Waals surface area contributed by atoms with Gasteiger partial charge in [-0.3, -0.25) is 10.1 Å². The summed E-state index contributed by atoms with van der Waals surface area (Å²) in [5.41, 5.74) is 2.49. The molecule has 0 aliphatic carbocycles. The van der Waals surface area contributed by atoms with Gasteiger partial charge in [0, 0.05) is 31.7 Å². The van der Waals surface area contributed by atoms with Gasteiger partial charge < -0.3 is 19.9 Å². The molecule has 2 aromatic carbocycles. The van der Waals surface area contributed by atoms with Crippen molar-refractivity contribution < 1.29 is 9.53 Å². The molecule has 0 unspecified atom stereocenters. The molecular formula is C22H28N4O2S. The third-order valence-corrected chi connectivity index (χ3v) is 5.00. The predicted molar refractivity (Wildman–Crippen MR) is 122 cm³/mol. The Morgan fingerprint density at radius 1 is 1.10 bits per heavy atom. The molecule has 0 bridgehead atoms. The molecule has 0 atom stereocenters. The maximum absolute atomic E-state index is 12.6. The number of anilines is 2. The molecule has 1 aliphatic rings. The summed E-state index contributed by atoms with van der Waals surface area (Å²) in [6, 6.07) is 15.1. The molecule has 0 saturated carbocycles. The first kappa shape index (κ1) is 21.1. The zero-order valence-corrected chi connectivity index (χ0v) is 17.8. The van der Waals surface area contributed by atoms with E-state index in [-0.39, 0.29) is 11.0 Å². The van der Waals surface area contributed by atoms with Crippen LogP contribution in [-0.2, 0) is 0 Å². The van der Waals surface area contributed by atoms with E-state index in [2.05, 4.69) is 33.5 Å². The number of ether oxygens (including phenoxy) is 1. The summed E-state index contributed by atoms with van der Waals surface area (Å²) in [5.74, 6) is 0.417. The molecule has 1 fully saturated rings. The van der Waals surface area contributed by atoms with Crippen LogP contribution in [0.15, 0.2) is 48.5 Å². The number of piperazine rings is 1. The highest BCUT2D eigenvalue weighted by molar-refractivity contribution is 7.80. The SMILES string of the molecule is CCCOc1cccc(C(=O)NC(=S)Nc2ccccc2N2CCN(C)CC2)c1. The predicted octanol–water partition coefficient (Wildman–Crippen LogP) is 3.35. The van der Waals surface area contributed by atoms with Crippen molar-refractivity contribution in [2.75, 3.05) is 50.1 Å². The molecule has 154 valence electrons. The Bertz CT molecular complexity index is 850. The third kappa shape index (κ3) is 5.92. The lowest BCUT2D eigenvalue weighted by molar-refractivity contribution is 0.0977. The van der Waals surface area contributed by atoms with Gasteiger partial charge >= 0.3 is 0 Å². The van der Waals surface area contributed by atoms with Crippen LogP contribution in [0.1, 0.15) is 23.7 Å². The molecule has 2 N–H and O–H groups in total. The quantitative estimate of drug-likeness (QED) is 0.710. The minimum atomic E-state index is -0.262. The molecule has 1 aliphatic heterocycles. The van der Waals surface area contributed by atoms with Crippen LogP contribution in [0.3, 0.4) is 0 Å². The average molecular weight is 413 g/mol. The van der Waals surface area contributed by atoms with Crippen LogP contribution >= 0.6 is 12.2 Å². The standard InChI is InChI=1S/C22H28N4O2S/c1-3-15-28-18-8-6-7-17(16-18)21(27)24-22(29)23-19-9-4-5-10-20(19)26-13-11-25(2)12-14-26/h4-10,16H,3,11-15H2,1-2H3,(H2,23,24,27,29). The number of thiocarbonyl (C=S) groups is 1. The van der Waals surface area contributed by atoms with E-state index >= 15 is 0 Å². The Morgan fingerprint density at radius 2 is 1.86 bits per heavy atom. The van der Waals surface area contributed by atoms with E-state index in [0.717, 1.165) is 44.0 Å². The number of rotatable bonds is 6. The van der Waals surface area contributed by atoms with Crippen molar-refractivity contribution >= 4 is 34.6 Å². The highest BCUT2D eigenvalue weighted by atomic mass is 32.1. The van der Waals surface area contributed by atoms with Gasteiger partial charge in [-0.25, -0.2) is 0 Å². The Labute approximate surface area is 177 Å². The van der Waals surface area contributed by atoms with Gasteiger partial charge in [-0.15, -0.1) is 0 Å². The molecule has 0 spiro atoms. The summed E-state index contributed by atoms with van der Waals surface area (Å²) in [5, 5.41) is 6.22. The summed E-state index contributed by atoms with van der Waals surface area (Å²) in [4.78, 5) is 17.2. The van der Waals surface area contributed by atoms with Gasteiger partial charge in [0.2, 0.25) is 0 Å². The van der Waals surface area contributed by atoms with Gasteiger partial charge in [-0.1, -0.05) is 25.1 Å². The molecule has 1 heterocycles. The molecule has 2 aromatic rings. The molecule has 3 rings (SSSR count). The average Bonchev–Trinajstić information content (AvgIpc) is 2.73. The summed E-state index contributed by atoms with van der Waals surface area (Å²) in [6.45, 7) is 6.62. The van der Waals surface area contributed by atoms with E-state index in [1.54, 1.807) is 18.2 Å². The van der Waals surface area contributed by atoms with Crippen LogP contribution in [-0.4, -0.2) is 55.8 Å². The summed E-state index contributed by atoms with van der Waals surface area (Å²) in [7, 11) is 2.13. The normalized spacial score (nSPS) is 14.3. The summed E-state index contributed by atoms with van der Waals surface area (Å²) in [6.07, 6.45) is 0.914. The van der Waals surface area contributed by atoms with Crippen molar-refractivity contribution in [3.05, 3.63) is 54.1 Å². The second kappa shape index (κ2) is 10.2. The lowest BCUT2D eigenvalue weighted by atomic mass is 10.2. The molecule has 7 heteroatoms. The maximum Gasteiger partial charge on any atom is 0.257 e. The highest BCUT2D eigenvalue weighted by Gasteiger charge is 2.17. The van der Waals surface area contributed by atoms with Gasteiger partial charge in [-0.2, -0.15) is 0 Å². The minimum Gasteiger partial charge on any atom is -0.494 e. The van der Waals surface area contributed by atoms with Crippen LogP contribution in [0.4, 0.5) is 11.4 Å². The zero-order valence-electron chi connectivity index (χ0n) is 17.0. The molecule has 1 saturated heterocycles. The largest absolute Gasteiger partial charge is 0.494 e. The van der Waals surface area contributed by atoms with Crippen molar-refractivity contribution in [1.82, 2.24) is 10.2 Å². The molecule has 0 radical (unpaired) electrons. The van der Waals surface area contributed by atoms with Crippen molar-refractivity contribution in [2.24, 2.45) is 0 Å². The van der Waals surface area contributed by atoms with Gasteiger partial charge in [0.25, 0.3) is 5.91 Å². The fraction of sp³-hybridized carbons (Fsp3) is 0.364. The zero-order chi connectivity index (χ0) is 20.6. The third-order valence-electron chi connectivity index (χ3n) is 4.79. The summed E-state index contributed by atoms with van der Waals surface area (Å²) >= 11 is 5.39. The molecule has 6 nitrogen and oxygen atoms in total. The van der Waals surface area contributed by atoms with Crippen LogP contribution in [0.5, 0.6) is 5.75 Å². The first-order chi connectivity index (χ1) is 14.1. The van der Waals surface area contributed by atoms with Crippen LogP contribution in [0, 0.1) is 0 Å². The van der Waals surface area contributed by atoms with E-state index < -0.39 is 0 Å². The number of hydrogen-bond donors (Lipinski definition) is 2. The number of benzene rings is 2. The number of carbonyl (C=O) groups excluding carboxylic acids is 1. The topological polar surface area (TPSA) is 56.8 Å². The second-order valence-corrected chi connectivity index (χ2v) is 7.50. The highest BCUT2D eigenvalue weighted by Crippen LogP contribution is 2.26. The van der Waals surface area contributed by atoms with E-state index in [1.807, 2.05) is 31.2 Å². The smallest absolute Gasteiger partial charge is 0.257 e. The molecule has 29 heavy (non-hydrogen) atoms. The number of amides is 1. The number of para-hydroxylation sites is 2. The lowest BCUT2D eigenvalue weighted by Gasteiger charge is -2.35. The first-order valence-electron chi connectivity index (χ1n) is 9.94. The van der Waals surface area contributed by atoms with Crippen LogP contribution < -0.4 is 20.3 Å². The number of likely N-dealkylation sites (N-methyl/N-ethyl adjacent to an activating group) is 1. The fourth-order valence-electron chi connectivity index (χ4n) is 3.18. The first-order valence-corrected chi connectivity index (χ1v) is 10.4. The van der Waals surface area contributed by atoms with Gasteiger partial charge in [-0.05, 0) is 56.0 Å². The van der Waals surface area contributed by atoms with E-state index in [0.29, 0.717) is 17.9 Å². The molecular weight excluding hydrogens is 384 g/mol. The minimum absolute atomic E-state index is 0.262. The van der Waals surface area contributed by atoms with Gasteiger partial charge in [0.1, 0.15) is 5.75 Å². The number of nitrogens with zero attached hydrogens (tertiary/aromatic N) is 2. The van der Waals surface area contributed by atoms with E-state index in [4.69, 9.17) is 17.0 Å². The Morgan fingerprint density at radius 3 is 2.62 bits per heavy atom. The van der Waals surface area contributed by atoms with E-state index in [1.165, 1.54) is 0 Å². The Hall–Kier alpha value is -2.64. The Kier molecular flexibility index (Phi) is 7.43. The second-order valence-electron chi connectivity index (χ2n) is 7.09. The molecule has 1 amide bonds. The van der Waals surface area contributed by atoms with Crippen LogP contribution in [0.2, 0.25) is 0 Å².